The van der Waals surface area contributed by atoms with Gasteiger partial charge in [-0.05, 0) is 30.3 Å². The summed E-state index contributed by atoms with van der Waals surface area (Å²) in [6, 6.07) is 3.06. The van der Waals surface area contributed by atoms with Crippen molar-refractivity contribution in [1.82, 2.24) is 0 Å². The number of carboxylic acid groups (broad SMARTS) is 1. The summed E-state index contributed by atoms with van der Waals surface area (Å²) >= 11 is 0. The highest BCUT2D eigenvalue weighted by Crippen LogP contribution is 2.40. The lowest BCUT2D eigenvalue weighted by Crippen LogP contribution is -2.21. The van der Waals surface area contributed by atoms with Crippen LogP contribution in [-0.4, -0.2) is 18.2 Å². The lowest BCUT2D eigenvalue weighted by molar-refractivity contribution is -0.148. The number of methoxy groups -OCH3 is 1. The van der Waals surface area contributed by atoms with Crippen LogP contribution < -0.4 is 9.47 Å². The fourth-order valence-corrected chi connectivity index (χ4v) is 2.28. The predicted molar refractivity (Wildman–Crippen MR) is 80.4 cm³/mol. The molecule has 0 saturated carbocycles. The summed E-state index contributed by atoms with van der Waals surface area (Å²) in [5.74, 6) is -4.48. The quantitative estimate of drug-likeness (QED) is 0.697. The molecule has 1 unspecified atom stereocenters. The number of rotatable bonds is 5. The van der Waals surface area contributed by atoms with Gasteiger partial charge in [0.15, 0.2) is 0 Å². The third kappa shape index (κ3) is 4.84. The Hall–Kier alpha value is -2.98. The highest BCUT2D eigenvalue weighted by Gasteiger charge is 2.37. The summed E-state index contributed by atoms with van der Waals surface area (Å²) in [6.45, 7) is 0. The van der Waals surface area contributed by atoms with E-state index in [0.717, 1.165) is 19.2 Å². The summed E-state index contributed by atoms with van der Waals surface area (Å²) < 4.78 is 101. The van der Waals surface area contributed by atoms with Gasteiger partial charge in [0.2, 0.25) is 6.10 Å². The summed E-state index contributed by atoms with van der Waals surface area (Å²) in [4.78, 5) is 11.5. The molecule has 0 saturated heterocycles. The molecule has 0 aliphatic heterocycles. The summed E-state index contributed by atoms with van der Waals surface area (Å²) in [5.41, 5.74) is -3.72. The number of hydrogen-bond donors (Lipinski definition) is 1. The van der Waals surface area contributed by atoms with Crippen molar-refractivity contribution < 1.29 is 50.1 Å². The highest BCUT2D eigenvalue weighted by molar-refractivity contribution is 5.75. The standard InChI is InChI=1S/C17H11F7O4/c1-27-11-2-3-12(17(22,23)24)13(7-11)28-14(15(25)26)8-4-9(16(19,20)21)6-10(18)5-8/h2-7,14H,1H3,(H,25,26). The normalized spacial score (nSPS) is 13.1. The summed E-state index contributed by atoms with van der Waals surface area (Å²) in [6.07, 6.45) is -12.3. The second kappa shape index (κ2) is 7.56. The van der Waals surface area contributed by atoms with Crippen LogP contribution in [-0.2, 0) is 17.1 Å². The van der Waals surface area contributed by atoms with E-state index in [2.05, 4.69) is 0 Å². The van der Waals surface area contributed by atoms with Crippen molar-refractivity contribution in [3.8, 4) is 11.5 Å². The van der Waals surface area contributed by atoms with E-state index in [-0.39, 0.29) is 17.9 Å². The molecule has 0 aliphatic carbocycles. The molecule has 1 atom stereocenters. The monoisotopic (exact) mass is 412 g/mol. The Morgan fingerprint density at radius 1 is 1.00 bits per heavy atom. The number of ether oxygens (including phenoxy) is 2. The molecule has 2 aromatic rings. The third-order valence-electron chi connectivity index (χ3n) is 3.51. The van der Waals surface area contributed by atoms with Gasteiger partial charge in [0.1, 0.15) is 17.3 Å². The zero-order valence-electron chi connectivity index (χ0n) is 13.9. The first-order valence-electron chi connectivity index (χ1n) is 7.35. The average Bonchev–Trinajstić information content (AvgIpc) is 2.56. The van der Waals surface area contributed by atoms with E-state index >= 15 is 0 Å². The Morgan fingerprint density at radius 3 is 2.14 bits per heavy atom. The molecule has 0 radical (unpaired) electrons. The van der Waals surface area contributed by atoms with Crippen LogP contribution in [0.4, 0.5) is 30.7 Å². The number of carboxylic acids is 1. The SMILES string of the molecule is COc1ccc(C(F)(F)F)c(OC(C(=O)O)c2cc(F)cc(C(F)(F)F)c2)c1. The number of alkyl halides is 6. The van der Waals surface area contributed by atoms with Gasteiger partial charge in [-0.15, -0.1) is 0 Å². The molecule has 0 bridgehead atoms. The maximum absolute atomic E-state index is 13.6. The lowest BCUT2D eigenvalue weighted by atomic mass is 10.0. The molecule has 2 rings (SSSR count). The molecule has 11 heteroatoms. The maximum Gasteiger partial charge on any atom is 0.419 e. The van der Waals surface area contributed by atoms with E-state index in [4.69, 9.17) is 9.47 Å². The van der Waals surface area contributed by atoms with Crippen molar-refractivity contribution in [2.75, 3.05) is 7.11 Å². The Bertz CT molecular complexity index is 875. The minimum absolute atomic E-state index is 0.120. The van der Waals surface area contributed by atoms with Crippen molar-refractivity contribution >= 4 is 5.97 Å². The molecule has 28 heavy (non-hydrogen) atoms. The van der Waals surface area contributed by atoms with Crippen molar-refractivity contribution in [3.63, 3.8) is 0 Å². The van der Waals surface area contributed by atoms with Gasteiger partial charge in [-0.2, -0.15) is 26.3 Å². The number of benzene rings is 2. The second-order valence-electron chi connectivity index (χ2n) is 5.47. The Kier molecular flexibility index (Phi) is 5.76. The fourth-order valence-electron chi connectivity index (χ4n) is 2.28. The number of halogens is 7. The Balaban J connectivity index is 2.56. The molecule has 0 spiro atoms. The van der Waals surface area contributed by atoms with Crippen molar-refractivity contribution in [3.05, 3.63) is 58.9 Å². The van der Waals surface area contributed by atoms with Gasteiger partial charge in [0.25, 0.3) is 0 Å². The molecular weight excluding hydrogens is 401 g/mol. The highest BCUT2D eigenvalue weighted by atomic mass is 19.4. The van der Waals surface area contributed by atoms with Crippen LogP contribution in [0.3, 0.4) is 0 Å². The van der Waals surface area contributed by atoms with Gasteiger partial charge in [-0.3, -0.25) is 0 Å². The smallest absolute Gasteiger partial charge is 0.419 e. The first kappa shape index (κ1) is 21.3. The van der Waals surface area contributed by atoms with Gasteiger partial charge in [0, 0.05) is 11.6 Å². The Labute approximate surface area is 153 Å². The van der Waals surface area contributed by atoms with Crippen LogP contribution in [0.1, 0.15) is 22.8 Å². The first-order chi connectivity index (χ1) is 12.8. The maximum atomic E-state index is 13.6. The van der Waals surface area contributed by atoms with Gasteiger partial charge in [0.05, 0.1) is 18.2 Å². The predicted octanol–water partition coefficient (Wildman–Crippen LogP) is 5.08. The van der Waals surface area contributed by atoms with E-state index in [1.54, 1.807) is 0 Å². The minimum atomic E-state index is -5.01. The van der Waals surface area contributed by atoms with Gasteiger partial charge in [-0.1, -0.05) is 0 Å². The molecule has 4 nitrogen and oxygen atoms in total. The van der Waals surface area contributed by atoms with Crippen LogP contribution in [0.2, 0.25) is 0 Å². The number of aliphatic carboxylic acids is 1. The summed E-state index contributed by atoms with van der Waals surface area (Å²) in [7, 11) is 1.13. The Morgan fingerprint density at radius 2 is 1.64 bits per heavy atom. The topological polar surface area (TPSA) is 55.8 Å². The molecule has 0 aromatic heterocycles. The van der Waals surface area contributed by atoms with Gasteiger partial charge in [-0.25, -0.2) is 9.18 Å². The lowest BCUT2D eigenvalue weighted by Gasteiger charge is -2.20. The van der Waals surface area contributed by atoms with Crippen LogP contribution in [0, 0.1) is 5.82 Å². The third-order valence-corrected chi connectivity index (χ3v) is 3.51. The van der Waals surface area contributed by atoms with Gasteiger partial charge < -0.3 is 14.6 Å². The zero-order chi connectivity index (χ0) is 21.3. The second-order valence-corrected chi connectivity index (χ2v) is 5.47. The number of carbonyl (C=O) groups is 1. The molecule has 2 aromatic carbocycles. The van der Waals surface area contributed by atoms with Crippen LogP contribution in [0.15, 0.2) is 36.4 Å². The number of hydrogen-bond acceptors (Lipinski definition) is 3. The largest absolute Gasteiger partial charge is 0.497 e. The van der Waals surface area contributed by atoms with E-state index in [9.17, 15) is 40.6 Å². The zero-order valence-corrected chi connectivity index (χ0v) is 13.9. The first-order valence-corrected chi connectivity index (χ1v) is 7.35. The molecule has 1 N–H and O–H groups in total. The van der Waals surface area contributed by atoms with Crippen LogP contribution in [0.25, 0.3) is 0 Å². The fraction of sp³-hybridized carbons (Fsp3) is 0.235. The van der Waals surface area contributed by atoms with Gasteiger partial charge >= 0.3 is 18.3 Å². The molecule has 0 aliphatic rings. The van der Waals surface area contributed by atoms with Crippen molar-refractivity contribution in [2.24, 2.45) is 0 Å². The summed E-state index contributed by atoms with van der Waals surface area (Å²) in [5, 5.41) is 9.25. The molecule has 0 heterocycles. The molecular formula is C17H11F7O4. The van der Waals surface area contributed by atoms with E-state index in [1.165, 1.54) is 0 Å². The van der Waals surface area contributed by atoms with Crippen molar-refractivity contribution in [2.45, 2.75) is 18.5 Å². The van der Waals surface area contributed by atoms with Crippen LogP contribution >= 0.6 is 0 Å². The van der Waals surface area contributed by atoms with E-state index < -0.39 is 52.7 Å². The minimum Gasteiger partial charge on any atom is -0.497 e. The van der Waals surface area contributed by atoms with E-state index in [1.807, 2.05) is 0 Å². The average molecular weight is 412 g/mol. The van der Waals surface area contributed by atoms with Crippen LogP contribution in [0.5, 0.6) is 11.5 Å². The van der Waals surface area contributed by atoms with Crippen molar-refractivity contribution in [1.29, 1.82) is 0 Å². The molecule has 152 valence electrons. The molecule has 0 fully saturated rings. The van der Waals surface area contributed by atoms with E-state index in [0.29, 0.717) is 12.1 Å². The molecule has 0 amide bonds.